The molecule has 3 N–H and O–H groups in total. The van der Waals surface area contributed by atoms with Crippen LogP contribution >= 0.6 is 23.8 Å². The Balaban J connectivity index is 2.62. The summed E-state index contributed by atoms with van der Waals surface area (Å²) >= 11 is 10.4. The molecule has 0 unspecified atom stereocenters. The molecule has 0 heterocycles. The van der Waals surface area contributed by atoms with E-state index in [2.05, 4.69) is 22.7 Å². The highest BCUT2D eigenvalue weighted by Gasteiger charge is 1.89. The molecule has 1 aromatic carbocycles. The number of halogens is 1. The van der Waals surface area contributed by atoms with Crippen molar-refractivity contribution < 1.29 is 0 Å². The summed E-state index contributed by atoms with van der Waals surface area (Å²) < 4.78 is 0. The lowest BCUT2D eigenvalue weighted by atomic mass is 10.2. The SMILES string of the molecule is CC(/C=C\c1ccc(Cl)cc1)=N\NC(N)=S. The third-order valence-corrected chi connectivity index (χ3v) is 2.07. The number of benzene rings is 1. The molecule has 5 heteroatoms. The summed E-state index contributed by atoms with van der Waals surface area (Å²) in [5.74, 6) is 0. The first-order valence-electron chi connectivity index (χ1n) is 4.61. The van der Waals surface area contributed by atoms with E-state index < -0.39 is 0 Å². The van der Waals surface area contributed by atoms with E-state index in [-0.39, 0.29) is 5.11 Å². The van der Waals surface area contributed by atoms with Gasteiger partial charge < -0.3 is 5.73 Å². The van der Waals surface area contributed by atoms with Crippen molar-refractivity contribution in [2.24, 2.45) is 10.8 Å². The smallest absolute Gasteiger partial charge is 0.184 e. The fraction of sp³-hybridized carbons (Fsp3) is 0.0909. The second-order valence-corrected chi connectivity index (χ2v) is 3.99. The number of hydrazone groups is 1. The van der Waals surface area contributed by atoms with E-state index in [1.54, 1.807) is 0 Å². The molecule has 0 spiro atoms. The van der Waals surface area contributed by atoms with Gasteiger partial charge in [0.1, 0.15) is 0 Å². The van der Waals surface area contributed by atoms with Crippen LogP contribution in [0.4, 0.5) is 0 Å². The Morgan fingerprint density at radius 1 is 1.44 bits per heavy atom. The molecule has 0 aliphatic carbocycles. The average molecular weight is 254 g/mol. The fourth-order valence-corrected chi connectivity index (χ4v) is 1.14. The molecule has 0 bridgehead atoms. The highest BCUT2D eigenvalue weighted by Crippen LogP contribution is 2.10. The zero-order valence-corrected chi connectivity index (χ0v) is 10.3. The normalized spacial score (nSPS) is 11.8. The molecule has 3 nitrogen and oxygen atoms in total. The number of nitrogens with zero attached hydrogens (tertiary/aromatic N) is 1. The van der Waals surface area contributed by atoms with Crippen molar-refractivity contribution in [1.29, 1.82) is 0 Å². The summed E-state index contributed by atoms with van der Waals surface area (Å²) in [5, 5.41) is 4.82. The molecule has 16 heavy (non-hydrogen) atoms. The quantitative estimate of drug-likeness (QED) is 0.495. The highest BCUT2D eigenvalue weighted by atomic mass is 35.5. The monoisotopic (exact) mass is 253 g/mol. The van der Waals surface area contributed by atoms with Crippen molar-refractivity contribution in [2.45, 2.75) is 6.92 Å². The second kappa shape index (κ2) is 6.25. The number of nitrogens with two attached hydrogens (primary N) is 1. The van der Waals surface area contributed by atoms with Crippen molar-refractivity contribution in [3.8, 4) is 0 Å². The minimum absolute atomic E-state index is 0.152. The maximum absolute atomic E-state index is 5.77. The summed E-state index contributed by atoms with van der Waals surface area (Å²) in [6, 6.07) is 7.52. The van der Waals surface area contributed by atoms with Gasteiger partial charge in [-0.05, 0) is 42.9 Å². The first kappa shape index (κ1) is 12.7. The molecule has 0 aromatic heterocycles. The van der Waals surface area contributed by atoms with Crippen molar-refractivity contribution in [3.63, 3.8) is 0 Å². The van der Waals surface area contributed by atoms with Crippen molar-refractivity contribution in [1.82, 2.24) is 5.43 Å². The molecule has 0 saturated heterocycles. The van der Waals surface area contributed by atoms with E-state index in [4.69, 9.17) is 17.3 Å². The number of hydrogen-bond acceptors (Lipinski definition) is 2. The first-order chi connectivity index (χ1) is 7.58. The minimum atomic E-state index is 0.152. The molecular weight excluding hydrogens is 242 g/mol. The number of rotatable bonds is 3. The van der Waals surface area contributed by atoms with E-state index in [9.17, 15) is 0 Å². The standard InChI is InChI=1S/C11H12ClN3S/c1-8(14-15-11(13)16)2-3-9-4-6-10(12)7-5-9/h2-7H,1H3,(H3,13,15,16)/b3-2-,14-8+. The van der Waals surface area contributed by atoms with Crippen molar-refractivity contribution in [3.05, 3.63) is 40.9 Å². The van der Waals surface area contributed by atoms with Crippen LogP contribution in [0, 0.1) is 0 Å². The van der Waals surface area contributed by atoms with Gasteiger partial charge in [0.25, 0.3) is 0 Å². The molecular formula is C11H12ClN3S. The second-order valence-electron chi connectivity index (χ2n) is 3.11. The van der Waals surface area contributed by atoms with Crippen LogP contribution in [0.1, 0.15) is 12.5 Å². The molecule has 0 aliphatic heterocycles. The van der Waals surface area contributed by atoms with Gasteiger partial charge in [0.05, 0.1) is 5.71 Å². The van der Waals surface area contributed by atoms with Gasteiger partial charge in [-0.2, -0.15) is 5.10 Å². The summed E-state index contributed by atoms with van der Waals surface area (Å²) in [4.78, 5) is 0. The van der Waals surface area contributed by atoms with E-state index in [0.717, 1.165) is 16.3 Å². The average Bonchev–Trinajstić information content (AvgIpc) is 2.25. The Kier molecular flexibility index (Phi) is 4.95. The summed E-state index contributed by atoms with van der Waals surface area (Å²) in [5.41, 5.74) is 9.59. The van der Waals surface area contributed by atoms with E-state index in [1.165, 1.54) is 0 Å². The summed E-state index contributed by atoms with van der Waals surface area (Å²) in [6.07, 6.45) is 3.78. The van der Waals surface area contributed by atoms with Gasteiger partial charge in [-0.25, -0.2) is 0 Å². The van der Waals surface area contributed by atoms with Crippen molar-refractivity contribution >= 4 is 40.7 Å². The molecule has 1 rings (SSSR count). The van der Waals surface area contributed by atoms with Gasteiger partial charge in [-0.3, -0.25) is 5.43 Å². The third kappa shape index (κ3) is 4.91. The Hall–Kier alpha value is -1.39. The van der Waals surface area contributed by atoms with Gasteiger partial charge in [0.2, 0.25) is 0 Å². The Morgan fingerprint density at radius 2 is 2.06 bits per heavy atom. The van der Waals surface area contributed by atoms with E-state index in [0.29, 0.717) is 0 Å². The number of nitrogens with one attached hydrogen (secondary N) is 1. The van der Waals surface area contributed by atoms with Gasteiger partial charge in [0.15, 0.2) is 5.11 Å². The first-order valence-corrected chi connectivity index (χ1v) is 5.40. The topological polar surface area (TPSA) is 50.4 Å². The van der Waals surface area contributed by atoms with Crippen molar-refractivity contribution in [2.75, 3.05) is 0 Å². The van der Waals surface area contributed by atoms with Crippen LogP contribution in [0.2, 0.25) is 5.02 Å². The Bertz CT molecular complexity index is 423. The largest absolute Gasteiger partial charge is 0.375 e. The van der Waals surface area contributed by atoms with Gasteiger partial charge in [0, 0.05) is 5.02 Å². The molecule has 0 aliphatic rings. The van der Waals surface area contributed by atoms with Crippen LogP contribution in [0.25, 0.3) is 6.08 Å². The van der Waals surface area contributed by atoms with Crippen LogP contribution < -0.4 is 11.2 Å². The molecule has 84 valence electrons. The van der Waals surface area contributed by atoms with Gasteiger partial charge in [-0.1, -0.05) is 29.8 Å². The zero-order valence-electron chi connectivity index (χ0n) is 8.77. The van der Waals surface area contributed by atoms with Gasteiger partial charge in [-0.15, -0.1) is 0 Å². The van der Waals surface area contributed by atoms with E-state index in [1.807, 2.05) is 43.3 Å². The van der Waals surface area contributed by atoms with E-state index >= 15 is 0 Å². The number of hydrogen-bond donors (Lipinski definition) is 2. The predicted octanol–water partition coefficient (Wildman–Crippen LogP) is 2.56. The van der Waals surface area contributed by atoms with Crippen LogP contribution in [0.3, 0.4) is 0 Å². The Morgan fingerprint density at radius 3 is 2.62 bits per heavy atom. The zero-order chi connectivity index (χ0) is 12.0. The third-order valence-electron chi connectivity index (χ3n) is 1.73. The number of allylic oxidation sites excluding steroid dienone is 1. The van der Waals surface area contributed by atoms with Gasteiger partial charge >= 0.3 is 0 Å². The van der Waals surface area contributed by atoms with Crippen LogP contribution in [0.15, 0.2) is 35.4 Å². The highest BCUT2D eigenvalue weighted by molar-refractivity contribution is 7.80. The Labute approximate surface area is 105 Å². The summed E-state index contributed by atoms with van der Waals surface area (Å²) in [6.45, 7) is 1.84. The lowest BCUT2D eigenvalue weighted by Crippen LogP contribution is -2.24. The molecule has 0 atom stereocenters. The predicted molar refractivity (Wildman–Crippen MR) is 73.5 cm³/mol. The molecule has 0 amide bonds. The fourth-order valence-electron chi connectivity index (χ4n) is 0.971. The maximum atomic E-state index is 5.77. The van der Waals surface area contributed by atoms with Crippen LogP contribution in [-0.4, -0.2) is 10.8 Å². The lowest BCUT2D eigenvalue weighted by molar-refractivity contribution is 1.03. The minimum Gasteiger partial charge on any atom is -0.375 e. The molecule has 0 radical (unpaired) electrons. The molecule has 1 aromatic rings. The van der Waals surface area contributed by atoms with Crippen LogP contribution in [0.5, 0.6) is 0 Å². The summed E-state index contributed by atoms with van der Waals surface area (Å²) in [7, 11) is 0. The maximum Gasteiger partial charge on any atom is 0.184 e. The molecule has 0 fully saturated rings. The molecule has 0 saturated carbocycles. The van der Waals surface area contributed by atoms with Crippen LogP contribution in [-0.2, 0) is 0 Å². The number of thiocarbonyl (C=S) groups is 1. The lowest BCUT2D eigenvalue weighted by Gasteiger charge is -1.96.